The van der Waals surface area contributed by atoms with Gasteiger partial charge in [0.1, 0.15) is 5.82 Å². The average Bonchev–Trinajstić information content (AvgIpc) is 3.45. The molecule has 0 bridgehead atoms. The van der Waals surface area contributed by atoms with Gasteiger partial charge in [-0.1, -0.05) is 0 Å². The summed E-state index contributed by atoms with van der Waals surface area (Å²) in [6.45, 7) is 4.28. The normalized spacial score (nSPS) is 17.0. The van der Waals surface area contributed by atoms with E-state index in [2.05, 4.69) is 25.3 Å². The Morgan fingerprint density at radius 2 is 1.93 bits per heavy atom. The molecule has 2 amide bonds. The number of urea groups is 1. The second-order valence-corrected chi connectivity index (χ2v) is 7.41. The van der Waals surface area contributed by atoms with Crippen LogP contribution in [0, 0.1) is 5.82 Å². The number of amides is 2. The van der Waals surface area contributed by atoms with Crippen LogP contribution in [0.4, 0.5) is 20.7 Å². The summed E-state index contributed by atoms with van der Waals surface area (Å²) >= 11 is 0. The molecule has 2 saturated heterocycles. The van der Waals surface area contributed by atoms with Crippen molar-refractivity contribution in [2.24, 2.45) is 0 Å². The number of halogens is 1. The Morgan fingerprint density at radius 3 is 2.73 bits per heavy atom. The Labute approximate surface area is 172 Å². The topological polar surface area (TPSA) is 87.9 Å². The quantitative estimate of drug-likeness (QED) is 0.712. The molecule has 0 unspecified atom stereocenters. The zero-order valence-electron chi connectivity index (χ0n) is 16.4. The zero-order valence-corrected chi connectivity index (χ0v) is 16.4. The van der Waals surface area contributed by atoms with Crippen molar-refractivity contribution in [3.63, 3.8) is 0 Å². The molecular formula is C20H22FN7O2. The van der Waals surface area contributed by atoms with Crippen LogP contribution in [0.25, 0.3) is 17.0 Å². The molecular weight excluding hydrogens is 389 g/mol. The number of anilines is 2. The summed E-state index contributed by atoms with van der Waals surface area (Å²) in [5.74, 6) is 0.681. The van der Waals surface area contributed by atoms with E-state index in [0.717, 1.165) is 44.8 Å². The number of benzene rings is 1. The van der Waals surface area contributed by atoms with Crippen molar-refractivity contribution >= 4 is 23.3 Å². The lowest BCUT2D eigenvalue weighted by Crippen LogP contribution is -2.37. The lowest BCUT2D eigenvalue weighted by molar-refractivity contribution is 0.122. The van der Waals surface area contributed by atoms with Crippen molar-refractivity contribution in [1.29, 1.82) is 0 Å². The Hall–Kier alpha value is -3.27. The molecule has 2 aliphatic heterocycles. The predicted molar refractivity (Wildman–Crippen MR) is 109 cm³/mol. The summed E-state index contributed by atoms with van der Waals surface area (Å²) in [4.78, 5) is 25.0. The summed E-state index contributed by atoms with van der Waals surface area (Å²) < 4.78 is 21.5. The van der Waals surface area contributed by atoms with E-state index in [1.807, 2.05) is 0 Å². The van der Waals surface area contributed by atoms with Crippen molar-refractivity contribution in [2.75, 3.05) is 49.6 Å². The smallest absolute Gasteiger partial charge is 0.321 e. The molecule has 30 heavy (non-hydrogen) atoms. The van der Waals surface area contributed by atoms with Gasteiger partial charge < -0.3 is 19.9 Å². The van der Waals surface area contributed by atoms with E-state index >= 15 is 0 Å². The molecule has 0 aliphatic carbocycles. The molecule has 156 valence electrons. The summed E-state index contributed by atoms with van der Waals surface area (Å²) in [5, 5.41) is 7.40. The summed E-state index contributed by atoms with van der Waals surface area (Å²) in [6.07, 6.45) is 5.34. The van der Waals surface area contributed by atoms with E-state index in [4.69, 9.17) is 4.74 Å². The van der Waals surface area contributed by atoms with Crippen LogP contribution in [0.2, 0.25) is 0 Å². The summed E-state index contributed by atoms with van der Waals surface area (Å²) in [6, 6.07) is 4.31. The van der Waals surface area contributed by atoms with E-state index in [9.17, 15) is 9.18 Å². The van der Waals surface area contributed by atoms with Crippen LogP contribution in [0.5, 0.6) is 0 Å². The monoisotopic (exact) mass is 411 g/mol. The number of rotatable bonds is 3. The number of nitrogens with one attached hydrogen (secondary N) is 1. The first-order valence-electron chi connectivity index (χ1n) is 10.1. The summed E-state index contributed by atoms with van der Waals surface area (Å²) in [5.41, 5.74) is 1.22. The van der Waals surface area contributed by atoms with Crippen molar-refractivity contribution < 1.29 is 13.9 Å². The van der Waals surface area contributed by atoms with E-state index in [0.29, 0.717) is 30.4 Å². The molecule has 1 aromatic carbocycles. The van der Waals surface area contributed by atoms with Gasteiger partial charge in [-0.3, -0.25) is 0 Å². The number of imidazole rings is 1. The van der Waals surface area contributed by atoms with Gasteiger partial charge in [-0.15, -0.1) is 5.10 Å². The Kier molecular flexibility index (Phi) is 4.91. The fourth-order valence-electron chi connectivity index (χ4n) is 3.76. The predicted octanol–water partition coefficient (Wildman–Crippen LogP) is 2.39. The first-order valence-corrected chi connectivity index (χ1v) is 10.1. The first-order chi connectivity index (χ1) is 14.7. The number of carbonyl (C=O) groups is 1. The lowest BCUT2D eigenvalue weighted by Gasteiger charge is -2.27. The van der Waals surface area contributed by atoms with Crippen molar-refractivity contribution in [3.8, 4) is 11.3 Å². The molecule has 0 saturated carbocycles. The van der Waals surface area contributed by atoms with Gasteiger partial charge >= 0.3 is 6.03 Å². The molecule has 5 rings (SSSR count). The standard InChI is InChI=1S/C20H22FN7O2/c21-16-4-3-14(23-20(29)27-5-1-2-6-27)11-15(16)17-13-28-19(24-17)22-12-18(25-28)26-7-9-30-10-8-26/h3-4,11-13H,1-2,5-10H2,(H,23,29). The number of ether oxygens (including phenoxy) is 1. The SMILES string of the molecule is O=C(Nc1ccc(F)c(-c2cn3nc(N4CCOCC4)cnc3n2)c1)N1CCCC1. The largest absolute Gasteiger partial charge is 0.378 e. The van der Waals surface area contributed by atoms with Crippen molar-refractivity contribution in [1.82, 2.24) is 24.5 Å². The fourth-order valence-corrected chi connectivity index (χ4v) is 3.76. The number of nitrogens with zero attached hydrogens (tertiary/aromatic N) is 6. The highest BCUT2D eigenvalue weighted by Crippen LogP contribution is 2.26. The Bertz CT molecular complexity index is 1070. The molecule has 0 spiro atoms. The molecule has 2 fully saturated rings. The molecule has 4 heterocycles. The number of aromatic nitrogens is 4. The second-order valence-electron chi connectivity index (χ2n) is 7.41. The number of fused-ring (bicyclic) bond motifs is 1. The molecule has 1 N–H and O–H groups in total. The van der Waals surface area contributed by atoms with Gasteiger partial charge in [-0.2, -0.15) is 0 Å². The van der Waals surface area contributed by atoms with Crippen LogP contribution < -0.4 is 10.2 Å². The zero-order chi connectivity index (χ0) is 20.5. The number of hydrogen-bond acceptors (Lipinski definition) is 6. The minimum Gasteiger partial charge on any atom is -0.378 e. The van der Waals surface area contributed by atoms with Crippen LogP contribution in [0.15, 0.2) is 30.6 Å². The van der Waals surface area contributed by atoms with E-state index in [1.54, 1.807) is 33.9 Å². The molecule has 10 heteroatoms. The Morgan fingerprint density at radius 1 is 1.13 bits per heavy atom. The molecule has 0 atom stereocenters. The van der Waals surface area contributed by atoms with E-state index < -0.39 is 5.82 Å². The van der Waals surface area contributed by atoms with Crippen LogP contribution in [0.3, 0.4) is 0 Å². The third kappa shape index (κ3) is 3.65. The molecule has 2 aromatic heterocycles. The second kappa shape index (κ2) is 7.86. The van der Waals surface area contributed by atoms with Gasteiger partial charge in [0.2, 0.25) is 0 Å². The number of morpholine rings is 1. The highest BCUT2D eigenvalue weighted by molar-refractivity contribution is 5.90. The third-order valence-corrected chi connectivity index (χ3v) is 5.40. The maximum Gasteiger partial charge on any atom is 0.321 e. The first kappa shape index (κ1) is 18.7. The Balaban J connectivity index is 1.41. The van der Waals surface area contributed by atoms with Crippen molar-refractivity contribution in [3.05, 3.63) is 36.4 Å². The highest BCUT2D eigenvalue weighted by atomic mass is 19.1. The van der Waals surface area contributed by atoms with Crippen LogP contribution in [-0.2, 0) is 4.74 Å². The fraction of sp³-hybridized carbons (Fsp3) is 0.400. The number of likely N-dealkylation sites (tertiary alicyclic amines) is 1. The molecule has 3 aromatic rings. The average molecular weight is 411 g/mol. The van der Waals surface area contributed by atoms with Crippen LogP contribution >= 0.6 is 0 Å². The maximum absolute atomic E-state index is 14.6. The summed E-state index contributed by atoms with van der Waals surface area (Å²) in [7, 11) is 0. The third-order valence-electron chi connectivity index (χ3n) is 5.40. The van der Waals surface area contributed by atoms with Gasteiger partial charge in [0.05, 0.1) is 31.3 Å². The van der Waals surface area contributed by atoms with Crippen LogP contribution in [0.1, 0.15) is 12.8 Å². The van der Waals surface area contributed by atoms with E-state index in [1.165, 1.54) is 6.07 Å². The van der Waals surface area contributed by atoms with Gasteiger partial charge in [0.25, 0.3) is 5.78 Å². The number of carbonyl (C=O) groups excluding carboxylic acids is 1. The minimum absolute atomic E-state index is 0.168. The van der Waals surface area contributed by atoms with Gasteiger partial charge in [0.15, 0.2) is 5.82 Å². The lowest BCUT2D eigenvalue weighted by atomic mass is 10.1. The van der Waals surface area contributed by atoms with Gasteiger partial charge in [-0.25, -0.2) is 23.7 Å². The molecule has 0 radical (unpaired) electrons. The van der Waals surface area contributed by atoms with Crippen LogP contribution in [-0.4, -0.2) is 69.9 Å². The molecule has 2 aliphatic rings. The van der Waals surface area contributed by atoms with Gasteiger partial charge in [0, 0.05) is 37.4 Å². The van der Waals surface area contributed by atoms with Crippen molar-refractivity contribution in [2.45, 2.75) is 12.8 Å². The number of hydrogen-bond donors (Lipinski definition) is 1. The maximum atomic E-state index is 14.6. The minimum atomic E-state index is -0.425. The highest BCUT2D eigenvalue weighted by Gasteiger charge is 2.19. The van der Waals surface area contributed by atoms with Gasteiger partial charge in [-0.05, 0) is 31.0 Å². The molecule has 9 nitrogen and oxygen atoms in total. The van der Waals surface area contributed by atoms with E-state index in [-0.39, 0.29) is 11.6 Å².